The smallest absolute Gasteiger partial charge is 0.416 e. The molecule has 1 fully saturated rings. The van der Waals surface area contributed by atoms with Crippen LogP contribution in [0.15, 0.2) is 36.4 Å². The van der Waals surface area contributed by atoms with Crippen molar-refractivity contribution in [3.05, 3.63) is 64.3 Å². The van der Waals surface area contributed by atoms with Crippen LogP contribution in [0.2, 0.25) is 0 Å². The number of aromatic nitrogens is 1. The molecule has 3 aromatic rings. The zero-order chi connectivity index (χ0) is 23.6. The second-order valence-electron chi connectivity index (χ2n) is 8.85. The second kappa shape index (κ2) is 9.49. The molecular formula is C26H28F3NO3. The van der Waals surface area contributed by atoms with Gasteiger partial charge in [-0.25, -0.2) is 0 Å². The molecule has 4 nitrogen and oxygen atoms in total. The van der Waals surface area contributed by atoms with Crippen molar-refractivity contribution in [1.82, 2.24) is 4.98 Å². The molecule has 0 bridgehead atoms. The fourth-order valence-corrected chi connectivity index (χ4v) is 5.01. The van der Waals surface area contributed by atoms with Crippen LogP contribution in [0, 0.1) is 0 Å². The van der Waals surface area contributed by atoms with E-state index in [4.69, 9.17) is 14.6 Å². The fourth-order valence-electron chi connectivity index (χ4n) is 5.01. The molecule has 33 heavy (non-hydrogen) atoms. The number of hydrogen-bond donors (Lipinski definition) is 2. The van der Waals surface area contributed by atoms with Gasteiger partial charge in [-0.2, -0.15) is 13.2 Å². The number of nitrogens with one attached hydrogen (secondary N) is 1. The van der Waals surface area contributed by atoms with E-state index in [0.717, 1.165) is 57.4 Å². The molecule has 2 aliphatic carbocycles. The lowest BCUT2D eigenvalue weighted by molar-refractivity contribution is -0.138. The first kappa shape index (κ1) is 23.2. The van der Waals surface area contributed by atoms with Crippen molar-refractivity contribution < 1.29 is 27.8 Å². The minimum absolute atomic E-state index is 0.0275. The van der Waals surface area contributed by atoms with Gasteiger partial charge < -0.3 is 14.8 Å². The molecule has 5 rings (SSSR count). The number of rotatable bonds is 4. The van der Waals surface area contributed by atoms with Gasteiger partial charge in [0.05, 0.1) is 5.56 Å². The molecule has 0 spiro atoms. The van der Waals surface area contributed by atoms with Gasteiger partial charge in [0.25, 0.3) is 5.97 Å². The number of aryl methyl sites for hydroxylation is 2. The van der Waals surface area contributed by atoms with Gasteiger partial charge >= 0.3 is 6.18 Å². The summed E-state index contributed by atoms with van der Waals surface area (Å²) >= 11 is 0. The van der Waals surface area contributed by atoms with Crippen LogP contribution >= 0.6 is 0 Å². The first-order valence-electron chi connectivity index (χ1n) is 11.4. The Labute approximate surface area is 190 Å². The number of carboxylic acids is 1. The molecule has 1 heterocycles. The molecule has 2 aromatic carbocycles. The first-order valence-corrected chi connectivity index (χ1v) is 11.4. The highest BCUT2D eigenvalue weighted by Crippen LogP contribution is 2.42. The Morgan fingerprint density at radius 3 is 2.52 bits per heavy atom. The lowest BCUT2D eigenvalue weighted by atomic mass is 9.91. The number of alkyl halides is 3. The van der Waals surface area contributed by atoms with Crippen LogP contribution < -0.4 is 4.74 Å². The molecule has 0 saturated heterocycles. The Morgan fingerprint density at radius 2 is 1.82 bits per heavy atom. The zero-order valence-corrected chi connectivity index (χ0v) is 18.6. The molecule has 2 N–H and O–H groups in total. The fraction of sp³-hybridized carbons (Fsp3) is 0.423. The van der Waals surface area contributed by atoms with Crippen LogP contribution in [0.1, 0.15) is 72.9 Å². The number of ether oxygens (including phenoxy) is 1. The Hall–Kier alpha value is -2.96. The van der Waals surface area contributed by atoms with Gasteiger partial charge in [-0.3, -0.25) is 4.79 Å². The molecule has 1 saturated carbocycles. The molecule has 0 radical (unpaired) electrons. The number of benzene rings is 2. The average molecular weight is 460 g/mol. The van der Waals surface area contributed by atoms with Gasteiger partial charge in [-0.05, 0) is 79.0 Å². The molecular weight excluding hydrogens is 431 g/mol. The summed E-state index contributed by atoms with van der Waals surface area (Å²) in [7, 11) is 0. The maximum Gasteiger partial charge on any atom is 0.416 e. The van der Waals surface area contributed by atoms with Gasteiger partial charge in [0.15, 0.2) is 0 Å². The Balaban J connectivity index is 0.000000601. The third-order valence-corrected chi connectivity index (χ3v) is 6.44. The summed E-state index contributed by atoms with van der Waals surface area (Å²) in [5.41, 5.74) is 4.26. The highest BCUT2D eigenvalue weighted by molar-refractivity contribution is 5.86. The van der Waals surface area contributed by atoms with Crippen LogP contribution in [0.5, 0.6) is 5.75 Å². The Morgan fingerprint density at radius 1 is 1.09 bits per heavy atom. The highest BCUT2D eigenvalue weighted by atomic mass is 19.4. The predicted molar refractivity (Wildman–Crippen MR) is 121 cm³/mol. The zero-order valence-electron chi connectivity index (χ0n) is 18.6. The SMILES string of the molecule is CC(=O)O.FC(F)(F)c1cc(COc2ccc3[nH]c4c(c3c2)CCC4)ccc1C1CCCC1. The number of aliphatic carboxylic acids is 1. The van der Waals surface area contributed by atoms with Gasteiger partial charge in [0.2, 0.25) is 0 Å². The van der Waals surface area contributed by atoms with Crippen molar-refractivity contribution in [3.8, 4) is 5.75 Å². The maximum atomic E-state index is 13.7. The third-order valence-electron chi connectivity index (χ3n) is 6.44. The van der Waals surface area contributed by atoms with E-state index in [2.05, 4.69) is 4.98 Å². The molecule has 2 aliphatic rings. The van der Waals surface area contributed by atoms with Gasteiger partial charge in [0, 0.05) is 23.5 Å². The number of halogens is 3. The van der Waals surface area contributed by atoms with Crippen molar-refractivity contribution in [3.63, 3.8) is 0 Å². The van der Waals surface area contributed by atoms with Crippen LogP contribution in [0.3, 0.4) is 0 Å². The Bertz CT molecular complexity index is 1140. The van der Waals surface area contributed by atoms with E-state index in [9.17, 15) is 13.2 Å². The van der Waals surface area contributed by atoms with E-state index in [1.807, 2.05) is 18.2 Å². The molecule has 0 aliphatic heterocycles. The van der Waals surface area contributed by atoms with Crippen molar-refractivity contribution >= 4 is 16.9 Å². The highest BCUT2D eigenvalue weighted by Gasteiger charge is 2.36. The van der Waals surface area contributed by atoms with E-state index < -0.39 is 17.7 Å². The van der Waals surface area contributed by atoms with Crippen molar-refractivity contribution in [2.75, 3.05) is 0 Å². The topological polar surface area (TPSA) is 62.3 Å². The minimum Gasteiger partial charge on any atom is -0.489 e. The van der Waals surface area contributed by atoms with Gasteiger partial charge in [0.1, 0.15) is 12.4 Å². The number of hydrogen-bond acceptors (Lipinski definition) is 2. The summed E-state index contributed by atoms with van der Waals surface area (Å²) in [6.07, 6.45) is 2.69. The lowest BCUT2D eigenvalue weighted by Crippen LogP contribution is -2.12. The summed E-state index contributed by atoms with van der Waals surface area (Å²) in [5.74, 6) is -0.112. The summed E-state index contributed by atoms with van der Waals surface area (Å²) in [6.45, 7) is 1.21. The number of fused-ring (bicyclic) bond motifs is 3. The predicted octanol–water partition coefficient (Wildman–Crippen LogP) is 7.00. The summed E-state index contributed by atoms with van der Waals surface area (Å²) in [6, 6.07) is 10.6. The summed E-state index contributed by atoms with van der Waals surface area (Å²) in [5, 5.41) is 8.59. The van der Waals surface area contributed by atoms with E-state index in [-0.39, 0.29) is 12.5 Å². The van der Waals surface area contributed by atoms with Crippen molar-refractivity contribution in [2.24, 2.45) is 0 Å². The third kappa shape index (κ3) is 5.34. The second-order valence-corrected chi connectivity index (χ2v) is 8.85. The molecule has 0 unspecified atom stereocenters. The Kier molecular flexibility index (Phi) is 6.68. The quantitative estimate of drug-likeness (QED) is 0.441. The molecule has 7 heteroatoms. The number of carbonyl (C=O) groups is 1. The van der Waals surface area contributed by atoms with E-state index in [1.54, 1.807) is 12.1 Å². The van der Waals surface area contributed by atoms with Crippen molar-refractivity contribution in [2.45, 2.75) is 70.6 Å². The normalized spacial score (nSPS) is 15.9. The van der Waals surface area contributed by atoms with Gasteiger partial charge in [-0.1, -0.05) is 25.0 Å². The maximum absolute atomic E-state index is 13.7. The van der Waals surface area contributed by atoms with Crippen LogP contribution in [0.4, 0.5) is 13.2 Å². The summed E-state index contributed by atoms with van der Waals surface area (Å²) < 4.78 is 46.9. The minimum atomic E-state index is -4.33. The number of carboxylic acid groups (broad SMARTS) is 1. The molecule has 1 aromatic heterocycles. The molecule has 0 atom stereocenters. The first-order chi connectivity index (χ1) is 15.7. The number of aromatic amines is 1. The van der Waals surface area contributed by atoms with Gasteiger partial charge in [-0.15, -0.1) is 0 Å². The van der Waals surface area contributed by atoms with Crippen LogP contribution in [-0.2, 0) is 30.4 Å². The average Bonchev–Trinajstić information content (AvgIpc) is 3.49. The van der Waals surface area contributed by atoms with E-state index in [1.165, 1.54) is 22.7 Å². The van der Waals surface area contributed by atoms with Crippen LogP contribution in [-0.4, -0.2) is 16.1 Å². The largest absolute Gasteiger partial charge is 0.489 e. The van der Waals surface area contributed by atoms with E-state index >= 15 is 0 Å². The standard InChI is InChI=1S/C24H24F3NO.C2H4O2/c25-24(26,27)21-12-15(8-10-18(21)16-4-1-2-5-16)14-29-17-9-11-23-20(13-17)19-6-3-7-22(19)28-23;1-2(3)4/h8-13,16,28H,1-7,14H2;1H3,(H,3,4). The van der Waals surface area contributed by atoms with E-state index in [0.29, 0.717) is 16.9 Å². The monoisotopic (exact) mass is 459 g/mol. The lowest BCUT2D eigenvalue weighted by Gasteiger charge is -2.19. The molecule has 0 amide bonds. The van der Waals surface area contributed by atoms with Crippen molar-refractivity contribution in [1.29, 1.82) is 0 Å². The summed E-state index contributed by atoms with van der Waals surface area (Å²) in [4.78, 5) is 12.5. The number of H-pyrrole nitrogens is 1. The van der Waals surface area contributed by atoms with Crippen LogP contribution in [0.25, 0.3) is 10.9 Å². The molecule has 176 valence electrons.